The van der Waals surface area contributed by atoms with Crippen LogP contribution < -0.4 is 0 Å². The molecule has 1 aromatic heterocycles. The Labute approximate surface area is 192 Å². The summed E-state index contributed by atoms with van der Waals surface area (Å²) in [4.78, 5) is 0. The summed E-state index contributed by atoms with van der Waals surface area (Å²) in [6, 6.07) is 42.5. The maximum atomic E-state index is 6.45. The molecule has 0 bridgehead atoms. The van der Waals surface area contributed by atoms with Gasteiger partial charge >= 0.3 is 0 Å². The maximum absolute atomic E-state index is 6.45. The van der Waals surface area contributed by atoms with Crippen LogP contribution in [-0.2, 0) is 0 Å². The molecule has 152 valence electrons. The highest BCUT2D eigenvalue weighted by molar-refractivity contribution is 6.32. The standard InChI is InChI=1S/C30H20ClN/c31-23-18-19-29-27(20-23)26-16-9-15-25(22-12-5-2-6-13-22)30(26)32(29)28-17-8-7-14-24(28)21-10-3-1-4-11-21/h1-20H. The lowest BCUT2D eigenvalue weighted by Gasteiger charge is -2.16. The largest absolute Gasteiger partial charge is 0.308 e. The predicted octanol–water partition coefficient (Wildman–Crippen LogP) is 8.77. The molecule has 1 heterocycles. The molecule has 32 heavy (non-hydrogen) atoms. The zero-order chi connectivity index (χ0) is 21.5. The molecule has 0 radical (unpaired) electrons. The first kappa shape index (κ1) is 18.9. The van der Waals surface area contributed by atoms with Crippen LogP contribution in [-0.4, -0.2) is 4.57 Å². The highest BCUT2D eigenvalue weighted by atomic mass is 35.5. The van der Waals surface area contributed by atoms with Gasteiger partial charge in [-0.1, -0.05) is 109 Å². The van der Waals surface area contributed by atoms with Crippen LogP contribution in [0.5, 0.6) is 0 Å². The van der Waals surface area contributed by atoms with Gasteiger partial charge in [0.1, 0.15) is 0 Å². The molecule has 0 saturated heterocycles. The highest BCUT2D eigenvalue weighted by Gasteiger charge is 2.18. The second kappa shape index (κ2) is 7.71. The van der Waals surface area contributed by atoms with E-state index in [1.54, 1.807) is 0 Å². The van der Waals surface area contributed by atoms with E-state index in [0.29, 0.717) is 0 Å². The number of halogens is 1. The first-order valence-electron chi connectivity index (χ1n) is 10.7. The fourth-order valence-corrected chi connectivity index (χ4v) is 4.84. The Kier molecular flexibility index (Phi) is 4.56. The van der Waals surface area contributed by atoms with Gasteiger partial charge in [0.15, 0.2) is 0 Å². The molecule has 0 spiro atoms. The predicted molar refractivity (Wildman–Crippen MR) is 137 cm³/mol. The van der Waals surface area contributed by atoms with Gasteiger partial charge in [0, 0.05) is 26.9 Å². The fourth-order valence-electron chi connectivity index (χ4n) is 4.67. The van der Waals surface area contributed by atoms with Crippen LogP contribution in [0.1, 0.15) is 0 Å². The highest BCUT2D eigenvalue weighted by Crippen LogP contribution is 2.40. The Hall–Kier alpha value is -3.81. The van der Waals surface area contributed by atoms with E-state index >= 15 is 0 Å². The number of para-hydroxylation sites is 2. The summed E-state index contributed by atoms with van der Waals surface area (Å²) in [6.07, 6.45) is 0. The van der Waals surface area contributed by atoms with Crippen molar-refractivity contribution in [1.29, 1.82) is 0 Å². The van der Waals surface area contributed by atoms with Gasteiger partial charge < -0.3 is 4.57 Å². The van der Waals surface area contributed by atoms with Gasteiger partial charge in [-0.3, -0.25) is 0 Å². The summed E-state index contributed by atoms with van der Waals surface area (Å²) in [5.74, 6) is 0. The van der Waals surface area contributed by atoms with Gasteiger partial charge in [-0.25, -0.2) is 0 Å². The Balaban J connectivity index is 1.79. The summed E-state index contributed by atoms with van der Waals surface area (Å²) >= 11 is 6.45. The second-order valence-electron chi connectivity index (χ2n) is 7.95. The first-order valence-corrected chi connectivity index (χ1v) is 11.1. The van der Waals surface area contributed by atoms with Gasteiger partial charge in [0.2, 0.25) is 0 Å². The Morgan fingerprint density at radius 2 is 1.12 bits per heavy atom. The molecule has 0 amide bonds. The number of hydrogen-bond acceptors (Lipinski definition) is 0. The summed E-state index contributed by atoms with van der Waals surface area (Å²) in [6.45, 7) is 0. The zero-order valence-corrected chi connectivity index (χ0v) is 18.1. The quantitative estimate of drug-likeness (QED) is 0.265. The molecule has 0 aliphatic rings. The van der Waals surface area contributed by atoms with Crippen molar-refractivity contribution in [3.05, 3.63) is 126 Å². The van der Waals surface area contributed by atoms with Gasteiger partial charge in [-0.05, 0) is 35.4 Å². The molecule has 0 aliphatic carbocycles. The lowest BCUT2D eigenvalue weighted by atomic mass is 10.0. The monoisotopic (exact) mass is 429 g/mol. The van der Waals surface area contributed by atoms with E-state index in [9.17, 15) is 0 Å². The first-order chi connectivity index (χ1) is 15.8. The lowest BCUT2D eigenvalue weighted by molar-refractivity contribution is 1.18. The van der Waals surface area contributed by atoms with Crippen molar-refractivity contribution in [2.24, 2.45) is 0 Å². The van der Waals surface area contributed by atoms with Crippen LogP contribution in [0.3, 0.4) is 0 Å². The molecule has 0 unspecified atom stereocenters. The number of benzene rings is 5. The normalized spacial score (nSPS) is 11.3. The minimum Gasteiger partial charge on any atom is -0.308 e. The van der Waals surface area contributed by atoms with Gasteiger partial charge in [0.05, 0.1) is 16.7 Å². The van der Waals surface area contributed by atoms with E-state index in [1.165, 1.54) is 33.2 Å². The topological polar surface area (TPSA) is 4.93 Å². The third kappa shape index (κ3) is 3.02. The molecule has 5 aromatic carbocycles. The van der Waals surface area contributed by atoms with Crippen molar-refractivity contribution in [3.63, 3.8) is 0 Å². The molecule has 2 heteroatoms. The number of nitrogens with zero attached hydrogens (tertiary/aromatic N) is 1. The summed E-state index contributed by atoms with van der Waals surface area (Å²) in [7, 11) is 0. The smallest absolute Gasteiger partial charge is 0.0619 e. The molecular formula is C30H20ClN. The van der Waals surface area contributed by atoms with E-state index < -0.39 is 0 Å². The number of hydrogen-bond donors (Lipinski definition) is 0. The van der Waals surface area contributed by atoms with Crippen LogP contribution in [0, 0.1) is 0 Å². The van der Waals surface area contributed by atoms with Gasteiger partial charge in [0.25, 0.3) is 0 Å². The number of fused-ring (bicyclic) bond motifs is 3. The van der Waals surface area contributed by atoms with Crippen LogP contribution >= 0.6 is 11.6 Å². The second-order valence-corrected chi connectivity index (χ2v) is 8.38. The van der Waals surface area contributed by atoms with Crippen molar-refractivity contribution in [1.82, 2.24) is 4.57 Å². The van der Waals surface area contributed by atoms with Crippen LogP contribution in [0.15, 0.2) is 121 Å². The van der Waals surface area contributed by atoms with Crippen LogP contribution in [0.4, 0.5) is 0 Å². The van der Waals surface area contributed by atoms with Crippen molar-refractivity contribution < 1.29 is 0 Å². The van der Waals surface area contributed by atoms with Crippen molar-refractivity contribution in [2.45, 2.75) is 0 Å². The van der Waals surface area contributed by atoms with Gasteiger partial charge in [-0.15, -0.1) is 0 Å². The minimum absolute atomic E-state index is 0.748. The molecule has 0 aliphatic heterocycles. The molecule has 0 atom stereocenters. The SMILES string of the molecule is Clc1ccc2c(c1)c1cccc(-c3ccccc3)c1n2-c1ccccc1-c1ccccc1. The number of rotatable bonds is 3. The molecule has 0 saturated carbocycles. The molecule has 0 fully saturated rings. The van der Waals surface area contributed by atoms with Crippen molar-refractivity contribution in [2.75, 3.05) is 0 Å². The van der Waals surface area contributed by atoms with Crippen LogP contribution in [0.25, 0.3) is 49.7 Å². The lowest BCUT2D eigenvalue weighted by Crippen LogP contribution is -1.98. The molecule has 1 nitrogen and oxygen atoms in total. The van der Waals surface area contributed by atoms with E-state index in [-0.39, 0.29) is 0 Å². The Bertz CT molecular complexity index is 1560. The third-order valence-corrected chi connectivity index (χ3v) is 6.30. The van der Waals surface area contributed by atoms with E-state index in [4.69, 9.17) is 11.6 Å². The van der Waals surface area contributed by atoms with E-state index in [1.807, 2.05) is 6.07 Å². The summed E-state index contributed by atoms with van der Waals surface area (Å²) < 4.78 is 2.39. The average molecular weight is 430 g/mol. The minimum atomic E-state index is 0.748. The number of aromatic nitrogens is 1. The van der Waals surface area contributed by atoms with Crippen molar-refractivity contribution >= 4 is 33.4 Å². The Morgan fingerprint density at radius 1 is 0.500 bits per heavy atom. The average Bonchev–Trinajstić information content (AvgIpc) is 3.19. The third-order valence-electron chi connectivity index (χ3n) is 6.06. The van der Waals surface area contributed by atoms with Gasteiger partial charge in [-0.2, -0.15) is 0 Å². The van der Waals surface area contributed by atoms with Crippen LogP contribution in [0.2, 0.25) is 5.02 Å². The Morgan fingerprint density at radius 3 is 1.88 bits per heavy atom. The molecule has 6 aromatic rings. The summed E-state index contributed by atoms with van der Waals surface area (Å²) in [5, 5.41) is 3.11. The summed E-state index contributed by atoms with van der Waals surface area (Å²) in [5.41, 5.74) is 8.30. The van der Waals surface area contributed by atoms with E-state index in [0.717, 1.165) is 21.6 Å². The molecular weight excluding hydrogens is 410 g/mol. The zero-order valence-electron chi connectivity index (χ0n) is 17.4. The molecule has 0 N–H and O–H groups in total. The van der Waals surface area contributed by atoms with Crippen molar-refractivity contribution in [3.8, 4) is 27.9 Å². The maximum Gasteiger partial charge on any atom is 0.0619 e. The fraction of sp³-hybridized carbons (Fsp3) is 0. The molecule has 6 rings (SSSR count). The van der Waals surface area contributed by atoms with E-state index in [2.05, 4.69) is 120 Å².